The number of fused-ring (bicyclic) bond motifs is 5. The van der Waals surface area contributed by atoms with E-state index < -0.39 is 0 Å². The average Bonchev–Trinajstić information content (AvgIpc) is 3.57. The van der Waals surface area contributed by atoms with E-state index in [1.165, 1.54) is 82.7 Å². The molecule has 0 saturated carbocycles. The van der Waals surface area contributed by atoms with Crippen LogP contribution in [-0.2, 0) is 7.05 Å². The van der Waals surface area contributed by atoms with Gasteiger partial charge in [-0.3, -0.25) is 0 Å². The maximum Gasteiger partial charge on any atom is 0.0568 e. The number of hydrogen-bond donors (Lipinski definition) is 0. The van der Waals surface area contributed by atoms with Crippen molar-refractivity contribution in [2.75, 3.05) is 4.90 Å². The second kappa shape index (κ2) is 15.9. The maximum atomic E-state index is 4.22. The van der Waals surface area contributed by atoms with Gasteiger partial charge in [-0.25, -0.2) is 0 Å². The minimum Gasteiger partial charge on any atom is -0.343 e. The first kappa shape index (κ1) is 36.7. The number of rotatable bonds is 10. The summed E-state index contributed by atoms with van der Waals surface area (Å²) < 4.78 is 2.39. The Hall–Kier alpha value is -6.90. The molecular weight excluding hydrogens is 701 g/mol. The summed E-state index contributed by atoms with van der Waals surface area (Å²) in [5.74, 6) is 0. The Labute approximate surface area is 342 Å². The van der Waals surface area contributed by atoms with E-state index >= 15 is 0 Å². The van der Waals surface area contributed by atoms with Crippen LogP contribution in [0.25, 0.3) is 66.0 Å². The van der Waals surface area contributed by atoms with Gasteiger partial charge < -0.3 is 9.47 Å². The van der Waals surface area contributed by atoms with Gasteiger partial charge in [0, 0.05) is 40.3 Å². The van der Waals surface area contributed by atoms with Crippen LogP contribution >= 0.6 is 0 Å². The first-order valence-electron chi connectivity index (χ1n) is 20.4. The maximum absolute atomic E-state index is 4.22. The summed E-state index contributed by atoms with van der Waals surface area (Å²) in [5.41, 5.74) is 16.7. The summed E-state index contributed by atoms with van der Waals surface area (Å²) in [6, 6.07) is 53.2. The van der Waals surface area contributed by atoms with Crippen molar-refractivity contribution in [2.45, 2.75) is 33.1 Å². The molecule has 2 nitrogen and oxygen atoms in total. The molecule has 8 aromatic rings. The fourth-order valence-corrected chi connectivity index (χ4v) is 8.86. The fraction of sp³-hybridized carbons (Fsp3) is 0.107. The summed E-state index contributed by atoms with van der Waals surface area (Å²) in [4.78, 5) is 2.45. The zero-order valence-electron chi connectivity index (χ0n) is 33.6. The first-order chi connectivity index (χ1) is 28.5. The Morgan fingerprint density at radius 3 is 2.16 bits per heavy atom. The Morgan fingerprint density at radius 2 is 1.41 bits per heavy atom. The number of allylic oxidation sites excluding steroid dienone is 8. The number of hydrogen-bond acceptors (Lipinski definition) is 1. The SMILES string of the molecule is C=C/C=C(\C=C/CC1=CCCC=C1)N(c1ccc(-c2ccccc2)cc1C)c1cc(-c2ccccc2)cc(-c2cccc3c4c5ccccc5ccc4n(C)c23)c1C. The van der Waals surface area contributed by atoms with Crippen LogP contribution in [0.5, 0.6) is 0 Å². The summed E-state index contributed by atoms with van der Waals surface area (Å²) in [6.45, 7) is 8.75. The zero-order chi connectivity index (χ0) is 39.6. The van der Waals surface area contributed by atoms with Crippen molar-refractivity contribution in [3.63, 3.8) is 0 Å². The van der Waals surface area contributed by atoms with Crippen LogP contribution in [0.2, 0.25) is 0 Å². The summed E-state index contributed by atoms with van der Waals surface area (Å²) in [6.07, 6.45) is 18.6. The molecule has 1 heterocycles. The smallest absolute Gasteiger partial charge is 0.0568 e. The van der Waals surface area contributed by atoms with Crippen molar-refractivity contribution in [3.05, 3.63) is 217 Å². The predicted octanol–water partition coefficient (Wildman–Crippen LogP) is 15.5. The molecule has 0 N–H and O–H groups in total. The lowest BCUT2D eigenvalue weighted by atomic mass is 9.91. The highest BCUT2D eigenvalue weighted by molar-refractivity contribution is 6.23. The minimum absolute atomic E-state index is 0.872. The van der Waals surface area contributed by atoms with Crippen molar-refractivity contribution < 1.29 is 0 Å². The number of aryl methyl sites for hydroxylation is 2. The molecule has 1 aliphatic carbocycles. The van der Waals surface area contributed by atoms with Crippen LogP contribution in [0.1, 0.15) is 30.4 Å². The van der Waals surface area contributed by atoms with E-state index in [2.05, 4.69) is 219 Å². The highest BCUT2D eigenvalue weighted by Crippen LogP contribution is 2.46. The van der Waals surface area contributed by atoms with Crippen molar-refractivity contribution in [2.24, 2.45) is 7.05 Å². The van der Waals surface area contributed by atoms with Gasteiger partial charge in [-0.15, -0.1) is 0 Å². The van der Waals surface area contributed by atoms with Gasteiger partial charge in [0.2, 0.25) is 0 Å². The summed E-state index contributed by atoms with van der Waals surface area (Å²) >= 11 is 0. The number of benzene rings is 7. The number of nitrogens with zero attached hydrogens (tertiary/aromatic N) is 2. The molecule has 7 aromatic carbocycles. The molecule has 9 rings (SSSR count). The highest BCUT2D eigenvalue weighted by atomic mass is 15.2. The Kier molecular flexibility index (Phi) is 10.1. The van der Waals surface area contributed by atoms with E-state index in [0.717, 1.165) is 36.3 Å². The molecule has 0 saturated heterocycles. The molecule has 0 spiro atoms. The Bertz CT molecular complexity index is 2950. The second-order valence-electron chi connectivity index (χ2n) is 15.4. The van der Waals surface area contributed by atoms with E-state index in [1.54, 1.807) is 0 Å². The van der Waals surface area contributed by atoms with Crippen LogP contribution in [0.15, 0.2) is 206 Å². The molecule has 0 fully saturated rings. The Balaban J connectivity index is 1.30. The van der Waals surface area contributed by atoms with Crippen molar-refractivity contribution >= 4 is 44.0 Å². The van der Waals surface area contributed by atoms with E-state index in [0.29, 0.717) is 0 Å². The van der Waals surface area contributed by atoms with Crippen molar-refractivity contribution in [3.8, 4) is 33.4 Å². The molecule has 282 valence electrons. The van der Waals surface area contributed by atoms with Gasteiger partial charge in [0.05, 0.1) is 11.2 Å². The van der Waals surface area contributed by atoms with Crippen LogP contribution in [0.3, 0.4) is 0 Å². The first-order valence-corrected chi connectivity index (χ1v) is 20.4. The van der Waals surface area contributed by atoms with Gasteiger partial charge in [-0.05, 0) is 131 Å². The van der Waals surface area contributed by atoms with E-state index in [1.807, 2.05) is 6.08 Å². The topological polar surface area (TPSA) is 8.17 Å². The molecule has 0 amide bonds. The molecule has 2 heteroatoms. The van der Waals surface area contributed by atoms with Gasteiger partial charge in [-0.2, -0.15) is 0 Å². The molecule has 0 aliphatic heterocycles. The third-order valence-electron chi connectivity index (χ3n) is 11.7. The average molecular weight is 749 g/mol. The summed E-state index contributed by atoms with van der Waals surface area (Å²) in [5, 5.41) is 5.11. The van der Waals surface area contributed by atoms with Gasteiger partial charge in [0.15, 0.2) is 0 Å². The number of aromatic nitrogens is 1. The zero-order valence-corrected chi connectivity index (χ0v) is 33.6. The van der Waals surface area contributed by atoms with Gasteiger partial charge in [0.1, 0.15) is 0 Å². The van der Waals surface area contributed by atoms with E-state index in [-0.39, 0.29) is 0 Å². The summed E-state index contributed by atoms with van der Waals surface area (Å²) in [7, 11) is 2.22. The van der Waals surface area contributed by atoms with Crippen LogP contribution in [0.4, 0.5) is 11.4 Å². The van der Waals surface area contributed by atoms with E-state index in [4.69, 9.17) is 0 Å². The van der Waals surface area contributed by atoms with E-state index in [9.17, 15) is 0 Å². The van der Waals surface area contributed by atoms with Crippen LogP contribution < -0.4 is 4.90 Å². The lowest BCUT2D eigenvalue weighted by Gasteiger charge is -2.31. The normalized spacial score (nSPS) is 13.2. The second-order valence-corrected chi connectivity index (χ2v) is 15.4. The quantitative estimate of drug-likeness (QED) is 0.126. The third kappa shape index (κ3) is 6.82. The largest absolute Gasteiger partial charge is 0.343 e. The predicted molar refractivity (Wildman–Crippen MR) is 251 cm³/mol. The molecule has 1 aromatic heterocycles. The molecule has 0 radical (unpaired) electrons. The molecule has 0 atom stereocenters. The van der Waals surface area contributed by atoms with Gasteiger partial charge in [-0.1, -0.05) is 152 Å². The standard InChI is InChI=1S/C56H48N2/c1-5-19-47(28-17-22-41-20-9-6-10-21-41)58(52-34-33-45(36-39(52)2)42-23-11-7-12-24-42)54-38-46(43-25-13-8-14-26-43)37-51(40(54)3)49-30-18-31-50-55-48-29-16-15-27-44(48)32-35-53(55)57(4)56(49)50/h5,7-9,11-21,23-38H,1,6,10,22H2,2-4H3/b28-17-,47-19+. The monoisotopic (exact) mass is 748 g/mol. The molecule has 58 heavy (non-hydrogen) atoms. The molecule has 1 aliphatic rings. The highest BCUT2D eigenvalue weighted by Gasteiger charge is 2.23. The molecule has 0 bridgehead atoms. The Morgan fingerprint density at radius 1 is 0.672 bits per heavy atom. The van der Waals surface area contributed by atoms with Crippen molar-refractivity contribution in [1.82, 2.24) is 4.57 Å². The lowest BCUT2D eigenvalue weighted by Crippen LogP contribution is -2.18. The number of anilines is 2. The minimum atomic E-state index is 0.872. The molecule has 0 unspecified atom stereocenters. The van der Waals surface area contributed by atoms with Gasteiger partial charge >= 0.3 is 0 Å². The fourth-order valence-electron chi connectivity index (χ4n) is 8.86. The molecular formula is C56H48N2. The van der Waals surface area contributed by atoms with Crippen molar-refractivity contribution in [1.29, 1.82) is 0 Å². The van der Waals surface area contributed by atoms with Crippen LogP contribution in [-0.4, -0.2) is 4.57 Å². The third-order valence-corrected chi connectivity index (χ3v) is 11.7. The van der Waals surface area contributed by atoms with Gasteiger partial charge in [0.25, 0.3) is 0 Å². The lowest BCUT2D eigenvalue weighted by molar-refractivity contribution is 1.00. The van der Waals surface area contributed by atoms with Crippen LogP contribution in [0, 0.1) is 13.8 Å². The number of para-hydroxylation sites is 1.